The van der Waals surface area contributed by atoms with E-state index < -0.39 is 41.6 Å². The second-order valence-electron chi connectivity index (χ2n) is 11.1. The molecule has 3 saturated heterocycles. The average Bonchev–Trinajstić information content (AvgIpc) is 3.63. The summed E-state index contributed by atoms with van der Waals surface area (Å²) < 4.78 is 12.1. The van der Waals surface area contributed by atoms with Crippen molar-refractivity contribution in [2.45, 2.75) is 76.7 Å². The average molecular weight is 568 g/mol. The van der Waals surface area contributed by atoms with Crippen LogP contribution in [0.1, 0.15) is 52.9 Å². The van der Waals surface area contributed by atoms with Gasteiger partial charge in [0.1, 0.15) is 11.6 Å². The Labute approximate surface area is 243 Å². The fourth-order valence-corrected chi connectivity index (χ4v) is 6.97. The first-order valence-electron chi connectivity index (χ1n) is 15.0. The molecule has 1 spiro atoms. The van der Waals surface area contributed by atoms with Crippen LogP contribution in [0, 0.1) is 11.8 Å². The Morgan fingerprint density at radius 2 is 1.85 bits per heavy atom. The van der Waals surface area contributed by atoms with Gasteiger partial charge in [0.25, 0.3) is 5.91 Å². The molecule has 4 rings (SSSR count). The van der Waals surface area contributed by atoms with Gasteiger partial charge in [-0.25, -0.2) is 0 Å². The number of hydrogen-bond donors (Lipinski definition) is 1. The molecule has 9 nitrogen and oxygen atoms in total. The lowest BCUT2D eigenvalue weighted by molar-refractivity contribution is -0.155. The van der Waals surface area contributed by atoms with Gasteiger partial charge in [-0.1, -0.05) is 19.1 Å². The highest BCUT2D eigenvalue weighted by atomic mass is 16.6. The summed E-state index contributed by atoms with van der Waals surface area (Å²) >= 11 is 0. The number of aliphatic hydroxyl groups excluding tert-OH is 1. The number of carbonyl (C=O) groups is 3. The number of carbonyl (C=O) groups excluding carboxylic acids is 3. The summed E-state index contributed by atoms with van der Waals surface area (Å²) in [6.07, 6.45) is 5.80. The molecule has 2 bridgehead atoms. The van der Waals surface area contributed by atoms with E-state index in [1.165, 1.54) is 4.90 Å². The van der Waals surface area contributed by atoms with Crippen LogP contribution in [0.3, 0.4) is 0 Å². The number of benzene rings is 1. The minimum Gasteiger partial charge on any atom is -0.465 e. The van der Waals surface area contributed by atoms with Crippen molar-refractivity contribution in [3.8, 4) is 0 Å². The van der Waals surface area contributed by atoms with E-state index >= 15 is 0 Å². The van der Waals surface area contributed by atoms with Gasteiger partial charge in [0.05, 0.1) is 37.2 Å². The van der Waals surface area contributed by atoms with E-state index in [1.54, 1.807) is 17.1 Å². The third kappa shape index (κ3) is 5.42. The molecule has 1 aromatic rings. The number of unbranched alkanes of at least 4 members (excludes halogenated alkanes) is 1. The Balaban J connectivity index is 1.71. The zero-order valence-electron chi connectivity index (χ0n) is 24.7. The van der Waals surface area contributed by atoms with Crippen LogP contribution in [0.25, 0.3) is 0 Å². The highest BCUT2D eigenvalue weighted by molar-refractivity contribution is 6.05. The monoisotopic (exact) mass is 567 g/mol. The Morgan fingerprint density at radius 3 is 2.44 bits per heavy atom. The maximum atomic E-state index is 14.6. The van der Waals surface area contributed by atoms with Crippen molar-refractivity contribution < 1.29 is 29.0 Å². The number of hydrogen-bond acceptors (Lipinski definition) is 7. The topological polar surface area (TPSA) is 99.6 Å². The van der Waals surface area contributed by atoms with Crippen LogP contribution >= 0.6 is 0 Å². The largest absolute Gasteiger partial charge is 0.465 e. The predicted molar refractivity (Wildman–Crippen MR) is 159 cm³/mol. The van der Waals surface area contributed by atoms with Crippen molar-refractivity contribution in [2.75, 3.05) is 42.6 Å². The summed E-state index contributed by atoms with van der Waals surface area (Å²) in [7, 11) is 0. The van der Waals surface area contributed by atoms with Crippen LogP contribution in [-0.4, -0.2) is 84.4 Å². The first-order chi connectivity index (χ1) is 19.8. The number of likely N-dealkylation sites (tertiary alicyclic amines) is 1. The molecule has 3 fully saturated rings. The van der Waals surface area contributed by atoms with Crippen molar-refractivity contribution in [3.05, 3.63) is 49.6 Å². The molecular formula is C32H45N3O6. The van der Waals surface area contributed by atoms with Gasteiger partial charge in [0, 0.05) is 31.0 Å². The predicted octanol–water partition coefficient (Wildman–Crippen LogP) is 3.71. The third-order valence-corrected chi connectivity index (χ3v) is 8.98. The number of rotatable bonds is 15. The summed E-state index contributed by atoms with van der Waals surface area (Å²) in [6, 6.07) is 6.23. The van der Waals surface area contributed by atoms with E-state index in [0.29, 0.717) is 31.4 Å². The quantitative estimate of drug-likeness (QED) is 0.196. The number of aliphatic hydroxyl groups is 1. The van der Waals surface area contributed by atoms with Gasteiger partial charge in [-0.05, 0) is 70.2 Å². The molecule has 2 unspecified atom stereocenters. The van der Waals surface area contributed by atoms with Crippen molar-refractivity contribution >= 4 is 29.2 Å². The van der Waals surface area contributed by atoms with Crippen LogP contribution in [0.4, 0.5) is 11.4 Å². The fourth-order valence-electron chi connectivity index (χ4n) is 6.97. The standard InChI is InChI=1S/C32H45N3O6/c1-6-11-12-20-40-31(39)26-25-17-18-32(41-25)27(26)29(37)35(22(8-3)21-36)28(32)30(38)34(19-7-2)24-15-13-23(14-16-24)33(9-4)10-5/h6-7,13-16,22,25-28,36H,1-2,8-12,17-21H2,3-5H3/t22-,25-,26+,27-,28?,32?/m0/s1. The van der Waals surface area contributed by atoms with Gasteiger partial charge in [-0.15, -0.1) is 13.2 Å². The number of anilines is 2. The Bertz CT molecular complexity index is 1110. The summed E-state index contributed by atoms with van der Waals surface area (Å²) in [5.41, 5.74) is 0.577. The zero-order valence-corrected chi connectivity index (χ0v) is 24.7. The van der Waals surface area contributed by atoms with Gasteiger partial charge in [0.2, 0.25) is 5.91 Å². The SMILES string of the molecule is C=CCCCOC(=O)[C@@H]1[C@@H]2CCC3(O2)C(C(=O)N(CC=C)c2ccc(N(CC)CC)cc2)N([C@@H](CC)CO)C(=O)[C@H]13. The lowest BCUT2D eigenvalue weighted by Crippen LogP contribution is -2.59. The number of fused-ring (bicyclic) bond motifs is 1. The van der Waals surface area contributed by atoms with Crippen molar-refractivity contribution in [1.82, 2.24) is 4.90 Å². The lowest BCUT2D eigenvalue weighted by Gasteiger charge is -2.39. The molecule has 3 heterocycles. The first kappa shape index (κ1) is 30.8. The molecule has 0 aliphatic carbocycles. The maximum Gasteiger partial charge on any atom is 0.312 e. The van der Waals surface area contributed by atoms with Crippen LogP contribution in [0.15, 0.2) is 49.6 Å². The van der Waals surface area contributed by atoms with Crippen LogP contribution in [0.5, 0.6) is 0 Å². The number of allylic oxidation sites excluding steroid dienone is 1. The van der Waals surface area contributed by atoms with Crippen LogP contribution in [0.2, 0.25) is 0 Å². The molecule has 0 saturated carbocycles. The molecule has 224 valence electrons. The second-order valence-corrected chi connectivity index (χ2v) is 11.1. The zero-order chi connectivity index (χ0) is 29.7. The molecular weight excluding hydrogens is 522 g/mol. The summed E-state index contributed by atoms with van der Waals surface area (Å²) in [5.74, 6) is -2.70. The molecule has 0 aromatic heterocycles. The number of ether oxygens (including phenoxy) is 2. The maximum absolute atomic E-state index is 14.6. The molecule has 3 aliphatic rings. The summed E-state index contributed by atoms with van der Waals surface area (Å²) in [6.45, 7) is 15.5. The minimum atomic E-state index is -1.16. The van der Waals surface area contributed by atoms with Crippen LogP contribution < -0.4 is 9.80 Å². The van der Waals surface area contributed by atoms with Crippen molar-refractivity contribution in [2.24, 2.45) is 11.8 Å². The summed E-state index contributed by atoms with van der Waals surface area (Å²) in [4.78, 5) is 47.4. The van der Waals surface area contributed by atoms with E-state index in [1.807, 2.05) is 31.2 Å². The number of nitrogens with zero attached hydrogens (tertiary/aromatic N) is 3. The number of amides is 2. The smallest absolute Gasteiger partial charge is 0.312 e. The van der Waals surface area contributed by atoms with Gasteiger partial charge in [0.15, 0.2) is 0 Å². The van der Waals surface area contributed by atoms with E-state index in [2.05, 4.69) is 31.9 Å². The number of esters is 1. The van der Waals surface area contributed by atoms with Crippen LogP contribution in [-0.2, 0) is 23.9 Å². The minimum absolute atomic E-state index is 0.233. The third-order valence-electron chi connectivity index (χ3n) is 8.98. The highest BCUT2D eigenvalue weighted by Gasteiger charge is 2.75. The van der Waals surface area contributed by atoms with Gasteiger partial charge in [-0.2, -0.15) is 0 Å². The van der Waals surface area contributed by atoms with E-state index in [0.717, 1.165) is 25.2 Å². The highest BCUT2D eigenvalue weighted by Crippen LogP contribution is 2.59. The van der Waals surface area contributed by atoms with E-state index in [9.17, 15) is 19.5 Å². The molecule has 1 aromatic carbocycles. The van der Waals surface area contributed by atoms with Gasteiger partial charge in [-0.3, -0.25) is 14.4 Å². The van der Waals surface area contributed by atoms with Crippen molar-refractivity contribution in [3.63, 3.8) is 0 Å². The molecule has 1 N–H and O–H groups in total. The normalized spacial score (nSPS) is 26.9. The first-order valence-corrected chi connectivity index (χ1v) is 15.0. The van der Waals surface area contributed by atoms with E-state index in [-0.39, 0.29) is 31.6 Å². The van der Waals surface area contributed by atoms with E-state index in [4.69, 9.17) is 9.47 Å². The molecule has 9 heteroatoms. The molecule has 41 heavy (non-hydrogen) atoms. The van der Waals surface area contributed by atoms with Crippen molar-refractivity contribution in [1.29, 1.82) is 0 Å². The second kappa shape index (κ2) is 13.2. The summed E-state index contributed by atoms with van der Waals surface area (Å²) in [5, 5.41) is 10.3. The van der Waals surface area contributed by atoms with Gasteiger partial charge >= 0.3 is 5.97 Å². The Kier molecular flexibility index (Phi) is 9.92. The fraction of sp³-hybridized carbons (Fsp3) is 0.594. The van der Waals surface area contributed by atoms with Gasteiger partial charge < -0.3 is 29.3 Å². The Hall–Kier alpha value is -3.17. The molecule has 6 atom stereocenters. The Morgan fingerprint density at radius 1 is 1.17 bits per heavy atom. The molecule has 3 aliphatic heterocycles. The molecule has 0 radical (unpaired) electrons. The lowest BCUT2D eigenvalue weighted by atomic mass is 9.70. The molecule has 2 amide bonds.